The van der Waals surface area contributed by atoms with Crippen LogP contribution in [0.15, 0.2) is 36.4 Å². The van der Waals surface area contributed by atoms with Crippen molar-refractivity contribution in [2.24, 2.45) is 0 Å². The van der Waals surface area contributed by atoms with Crippen molar-refractivity contribution < 1.29 is 28.9 Å². The molecule has 2 amide bonds. The number of hydrogen-bond donors (Lipinski definition) is 1. The zero-order valence-electron chi connectivity index (χ0n) is 17.4. The topological polar surface area (TPSA) is 154 Å². The minimum atomic E-state index is -0.538. The van der Waals surface area contributed by atoms with Crippen LogP contribution in [0.1, 0.15) is 44.1 Å². The number of cyclic esters (lactones) is 2. The molecule has 4 rings (SSSR count). The Morgan fingerprint density at radius 2 is 1.50 bits per heavy atom. The number of nitrogens with one attached hydrogen (secondary N) is 1. The van der Waals surface area contributed by atoms with Gasteiger partial charge in [0.2, 0.25) is 0 Å². The maximum Gasteiger partial charge on any atom is 0.414 e. The molecular formula is C20H20N4O8. The van der Waals surface area contributed by atoms with Crippen molar-refractivity contribution in [1.29, 1.82) is 0 Å². The molecule has 0 aromatic heterocycles. The molecule has 0 saturated heterocycles. The van der Waals surface area contributed by atoms with Crippen molar-refractivity contribution in [3.05, 3.63) is 67.8 Å². The van der Waals surface area contributed by atoms with Crippen LogP contribution in [-0.4, -0.2) is 28.6 Å². The van der Waals surface area contributed by atoms with Gasteiger partial charge in [0.05, 0.1) is 21.2 Å². The van der Waals surface area contributed by atoms with Gasteiger partial charge < -0.3 is 9.47 Å². The Bertz CT molecular complexity index is 1100. The van der Waals surface area contributed by atoms with Crippen LogP contribution in [0.5, 0.6) is 0 Å². The molecule has 12 nitrogen and oxygen atoms in total. The molecule has 168 valence electrons. The molecule has 2 aromatic rings. The lowest BCUT2D eigenvalue weighted by Gasteiger charge is -2.31. The molecule has 2 heterocycles. The number of nitrogens with zero attached hydrogens (tertiary/aromatic N) is 3. The van der Waals surface area contributed by atoms with Gasteiger partial charge in [0.15, 0.2) is 0 Å². The predicted octanol–water partition coefficient (Wildman–Crippen LogP) is 4.85. The normalized spacial score (nSPS) is 18.7. The lowest BCUT2D eigenvalue weighted by Crippen LogP contribution is -2.36. The number of ether oxygens (including phenoxy) is 2. The number of carbonyl (C=O) groups is 2. The number of carbonyl (C=O) groups excluding carboxylic acids is 2. The Kier molecular flexibility index (Phi) is 6.23. The van der Waals surface area contributed by atoms with Gasteiger partial charge in [0.1, 0.15) is 12.2 Å². The van der Waals surface area contributed by atoms with E-state index in [4.69, 9.17) is 9.47 Å². The number of non-ortho nitro benzene ring substituents is 2. The van der Waals surface area contributed by atoms with Crippen LogP contribution >= 0.6 is 0 Å². The van der Waals surface area contributed by atoms with E-state index in [1.807, 2.05) is 6.92 Å². The molecule has 2 aromatic carbocycles. The Hall–Kier alpha value is -4.22. The van der Waals surface area contributed by atoms with Gasteiger partial charge in [-0.25, -0.2) is 9.59 Å². The molecule has 12 heteroatoms. The van der Waals surface area contributed by atoms with E-state index in [1.54, 1.807) is 19.9 Å². The Labute approximate surface area is 182 Å². The number of benzene rings is 2. The van der Waals surface area contributed by atoms with Gasteiger partial charge in [-0.15, -0.1) is 0 Å². The van der Waals surface area contributed by atoms with Crippen LogP contribution in [0.3, 0.4) is 0 Å². The largest absolute Gasteiger partial charge is 0.441 e. The van der Waals surface area contributed by atoms with E-state index in [1.165, 1.54) is 35.2 Å². The minimum Gasteiger partial charge on any atom is -0.441 e. The van der Waals surface area contributed by atoms with Crippen LogP contribution < -0.4 is 10.2 Å². The number of nitro groups is 2. The van der Waals surface area contributed by atoms with Crippen LogP contribution in [0.25, 0.3) is 0 Å². The summed E-state index contributed by atoms with van der Waals surface area (Å²) in [5.41, 5.74) is 2.51. The molecule has 2 aliphatic rings. The first-order valence-corrected chi connectivity index (χ1v) is 9.64. The fraction of sp³-hybridized carbons (Fsp3) is 0.300. The van der Waals surface area contributed by atoms with Crippen molar-refractivity contribution in [1.82, 2.24) is 0 Å². The van der Waals surface area contributed by atoms with E-state index in [0.29, 0.717) is 29.0 Å². The Morgan fingerprint density at radius 1 is 0.938 bits per heavy atom. The summed E-state index contributed by atoms with van der Waals surface area (Å²) in [6.07, 6.45) is -1.88. The highest BCUT2D eigenvalue weighted by atomic mass is 16.6. The number of nitro benzene ring substituents is 2. The molecule has 2 aliphatic heterocycles. The van der Waals surface area contributed by atoms with Crippen molar-refractivity contribution >= 4 is 34.9 Å². The fourth-order valence-corrected chi connectivity index (χ4v) is 3.38. The van der Waals surface area contributed by atoms with Crippen LogP contribution in [0.2, 0.25) is 0 Å². The predicted molar refractivity (Wildman–Crippen MR) is 113 cm³/mol. The molecule has 0 saturated carbocycles. The highest BCUT2D eigenvalue weighted by molar-refractivity contribution is 5.91. The van der Waals surface area contributed by atoms with Gasteiger partial charge >= 0.3 is 12.2 Å². The first-order valence-electron chi connectivity index (χ1n) is 9.64. The van der Waals surface area contributed by atoms with E-state index in [2.05, 4.69) is 5.32 Å². The second kappa shape index (κ2) is 8.88. The third kappa shape index (κ3) is 4.43. The van der Waals surface area contributed by atoms with Crippen molar-refractivity contribution in [2.75, 3.05) is 16.8 Å². The number of anilines is 2. The minimum absolute atomic E-state index is 0.00426. The van der Waals surface area contributed by atoms with E-state index in [0.717, 1.165) is 0 Å². The van der Waals surface area contributed by atoms with Gasteiger partial charge in [0.25, 0.3) is 11.4 Å². The number of rotatable bonds is 3. The average molecular weight is 444 g/mol. The molecule has 0 bridgehead atoms. The Balaban J connectivity index is 0.000000182. The summed E-state index contributed by atoms with van der Waals surface area (Å²) in [5, 5.41) is 23.7. The average Bonchev–Trinajstić information content (AvgIpc) is 2.73. The first-order chi connectivity index (χ1) is 15.1. The molecule has 0 aliphatic carbocycles. The fourth-order valence-electron chi connectivity index (χ4n) is 3.38. The second-order valence-electron chi connectivity index (χ2n) is 6.97. The molecule has 0 radical (unpaired) electrons. The number of amides is 2. The molecule has 2 atom stereocenters. The summed E-state index contributed by atoms with van der Waals surface area (Å²) >= 11 is 0. The van der Waals surface area contributed by atoms with E-state index in [-0.39, 0.29) is 11.4 Å². The summed E-state index contributed by atoms with van der Waals surface area (Å²) in [4.78, 5) is 44.3. The third-order valence-corrected chi connectivity index (χ3v) is 4.97. The third-order valence-electron chi connectivity index (χ3n) is 4.97. The van der Waals surface area contributed by atoms with Crippen molar-refractivity contribution in [2.45, 2.75) is 33.0 Å². The molecule has 1 N–H and O–H groups in total. The van der Waals surface area contributed by atoms with Crippen LogP contribution in [0.4, 0.5) is 32.3 Å². The van der Waals surface area contributed by atoms with Gasteiger partial charge in [-0.3, -0.25) is 30.4 Å². The van der Waals surface area contributed by atoms with E-state index < -0.39 is 34.2 Å². The zero-order chi connectivity index (χ0) is 23.6. The van der Waals surface area contributed by atoms with Gasteiger partial charge in [-0.05, 0) is 32.9 Å². The van der Waals surface area contributed by atoms with Crippen LogP contribution in [0, 0.1) is 20.2 Å². The summed E-state index contributed by atoms with van der Waals surface area (Å²) < 4.78 is 9.99. The summed E-state index contributed by atoms with van der Waals surface area (Å²) in [7, 11) is 0. The van der Waals surface area contributed by atoms with Crippen molar-refractivity contribution in [3.63, 3.8) is 0 Å². The summed E-state index contributed by atoms with van der Waals surface area (Å²) in [5.74, 6) is 0. The maximum absolute atomic E-state index is 11.6. The van der Waals surface area contributed by atoms with Crippen LogP contribution in [-0.2, 0) is 9.47 Å². The lowest BCUT2D eigenvalue weighted by molar-refractivity contribution is -0.385. The van der Waals surface area contributed by atoms with Crippen molar-refractivity contribution in [3.8, 4) is 0 Å². The maximum atomic E-state index is 11.6. The molecule has 0 fully saturated rings. The highest BCUT2D eigenvalue weighted by Crippen LogP contribution is 2.36. The van der Waals surface area contributed by atoms with E-state index >= 15 is 0 Å². The zero-order valence-corrected chi connectivity index (χ0v) is 17.4. The molecule has 32 heavy (non-hydrogen) atoms. The quantitative estimate of drug-likeness (QED) is 0.520. The molecular weight excluding hydrogens is 424 g/mol. The highest BCUT2D eigenvalue weighted by Gasteiger charge is 2.30. The summed E-state index contributed by atoms with van der Waals surface area (Å²) in [6, 6.07) is 8.69. The van der Waals surface area contributed by atoms with E-state index in [9.17, 15) is 29.8 Å². The lowest BCUT2D eigenvalue weighted by atomic mass is 10.0. The summed E-state index contributed by atoms with van der Waals surface area (Å²) in [6.45, 7) is 5.66. The molecule has 2 unspecified atom stereocenters. The van der Waals surface area contributed by atoms with Gasteiger partial charge in [-0.2, -0.15) is 0 Å². The molecule has 0 spiro atoms. The Morgan fingerprint density at radius 3 is 2.09 bits per heavy atom. The van der Waals surface area contributed by atoms with Gasteiger partial charge in [0, 0.05) is 41.9 Å². The second-order valence-corrected chi connectivity index (χ2v) is 6.97. The number of hydrogen-bond acceptors (Lipinski definition) is 8. The number of fused-ring (bicyclic) bond motifs is 2. The SMILES string of the molecule is CC1OC(=O)Nc2ccc([N+](=O)[O-])cc21.CCN1C(=O)OC(C)c2cc([N+](=O)[O-])ccc21. The standard InChI is InChI=1S/C11H12N2O4.C9H8N2O4/c1-3-12-10-5-4-8(13(15)16)6-9(10)7(2)17-11(12)14;1-5-7-4-6(11(13)14)2-3-8(7)10-9(12)15-5/h4-7H,3H2,1-2H3;2-5H,1H3,(H,10,12). The smallest absolute Gasteiger partial charge is 0.414 e. The monoisotopic (exact) mass is 444 g/mol. The van der Waals surface area contributed by atoms with Gasteiger partial charge in [-0.1, -0.05) is 0 Å². The first kappa shape index (κ1) is 22.5.